The van der Waals surface area contributed by atoms with E-state index in [1.54, 1.807) is 18.0 Å². The molecule has 0 aliphatic heterocycles. The summed E-state index contributed by atoms with van der Waals surface area (Å²) in [6.07, 6.45) is 3.62. The van der Waals surface area contributed by atoms with Crippen LogP contribution in [0.2, 0.25) is 0 Å². The lowest BCUT2D eigenvalue weighted by Gasteiger charge is -2.22. The second kappa shape index (κ2) is 5.64. The molecule has 1 N–H and O–H groups in total. The van der Waals surface area contributed by atoms with Crippen molar-refractivity contribution < 1.29 is 4.74 Å². The van der Waals surface area contributed by atoms with Crippen LogP contribution in [0.25, 0.3) is 5.69 Å². The van der Waals surface area contributed by atoms with Crippen molar-refractivity contribution in [2.45, 2.75) is 26.0 Å². The summed E-state index contributed by atoms with van der Waals surface area (Å²) < 4.78 is 7.06. The second-order valence-electron chi connectivity index (χ2n) is 4.24. The standard InChI is InChI=1S/C13H18N4O/c1-10(11(2)18-3)15-12-6-4-5-7-13(12)17-9-8-14-16-17/h4-11,15H,1-3H3. The van der Waals surface area contributed by atoms with Gasteiger partial charge in [0.2, 0.25) is 0 Å². The van der Waals surface area contributed by atoms with Crippen LogP contribution in [0.15, 0.2) is 36.7 Å². The van der Waals surface area contributed by atoms with Crippen LogP contribution in [0, 0.1) is 0 Å². The molecule has 18 heavy (non-hydrogen) atoms. The number of hydrogen-bond donors (Lipinski definition) is 1. The smallest absolute Gasteiger partial charge is 0.0894 e. The van der Waals surface area contributed by atoms with Gasteiger partial charge in [-0.2, -0.15) is 0 Å². The normalized spacial score (nSPS) is 14.2. The van der Waals surface area contributed by atoms with Crippen molar-refractivity contribution in [2.24, 2.45) is 0 Å². The number of aromatic nitrogens is 3. The maximum Gasteiger partial charge on any atom is 0.0894 e. The van der Waals surface area contributed by atoms with Gasteiger partial charge in [-0.05, 0) is 26.0 Å². The highest BCUT2D eigenvalue weighted by Gasteiger charge is 2.13. The van der Waals surface area contributed by atoms with Gasteiger partial charge in [-0.1, -0.05) is 17.3 Å². The van der Waals surface area contributed by atoms with Gasteiger partial charge >= 0.3 is 0 Å². The van der Waals surface area contributed by atoms with Crippen molar-refractivity contribution in [3.05, 3.63) is 36.7 Å². The van der Waals surface area contributed by atoms with E-state index < -0.39 is 0 Å². The minimum absolute atomic E-state index is 0.133. The molecule has 2 rings (SSSR count). The van der Waals surface area contributed by atoms with Crippen LogP contribution >= 0.6 is 0 Å². The molecule has 1 heterocycles. The highest BCUT2D eigenvalue weighted by molar-refractivity contribution is 5.60. The van der Waals surface area contributed by atoms with Gasteiger partial charge in [0.05, 0.1) is 29.9 Å². The van der Waals surface area contributed by atoms with Crippen LogP contribution in [-0.4, -0.2) is 34.2 Å². The van der Waals surface area contributed by atoms with Gasteiger partial charge in [0.15, 0.2) is 0 Å². The van der Waals surface area contributed by atoms with E-state index in [9.17, 15) is 0 Å². The van der Waals surface area contributed by atoms with Crippen molar-refractivity contribution in [1.29, 1.82) is 0 Å². The zero-order chi connectivity index (χ0) is 13.0. The van der Waals surface area contributed by atoms with Crippen LogP contribution in [-0.2, 0) is 4.74 Å². The molecule has 0 aliphatic carbocycles. The van der Waals surface area contributed by atoms with Gasteiger partial charge < -0.3 is 10.1 Å². The van der Waals surface area contributed by atoms with Gasteiger partial charge in [-0.3, -0.25) is 0 Å². The molecular weight excluding hydrogens is 228 g/mol. The number of nitrogens with one attached hydrogen (secondary N) is 1. The topological polar surface area (TPSA) is 52.0 Å². The Balaban J connectivity index is 2.23. The minimum atomic E-state index is 0.133. The van der Waals surface area contributed by atoms with Gasteiger partial charge in [0, 0.05) is 13.2 Å². The van der Waals surface area contributed by atoms with Crippen molar-refractivity contribution in [2.75, 3.05) is 12.4 Å². The van der Waals surface area contributed by atoms with E-state index in [4.69, 9.17) is 4.74 Å². The molecule has 5 nitrogen and oxygen atoms in total. The first-order valence-electron chi connectivity index (χ1n) is 5.97. The fourth-order valence-electron chi connectivity index (χ4n) is 1.70. The van der Waals surface area contributed by atoms with E-state index in [-0.39, 0.29) is 12.1 Å². The third-order valence-corrected chi connectivity index (χ3v) is 3.03. The monoisotopic (exact) mass is 246 g/mol. The zero-order valence-electron chi connectivity index (χ0n) is 10.9. The molecular formula is C13H18N4O. The van der Waals surface area contributed by atoms with E-state index >= 15 is 0 Å². The molecule has 0 radical (unpaired) electrons. The number of benzene rings is 1. The Hall–Kier alpha value is -1.88. The quantitative estimate of drug-likeness (QED) is 0.877. The number of methoxy groups -OCH3 is 1. The first-order valence-corrected chi connectivity index (χ1v) is 5.97. The Labute approximate surface area is 107 Å². The summed E-state index contributed by atoms with van der Waals surface area (Å²) in [5.74, 6) is 0. The SMILES string of the molecule is COC(C)C(C)Nc1ccccc1-n1ccnn1. The predicted molar refractivity (Wildman–Crippen MR) is 70.9 cm³/mol. The Morgan fingerprint density at radius 3 is 2.72 bits per heavy atom. The van der Waals surface area contributed by atoms with Crippen molar-refractivity contribution in [3.63, 3.8) is 0 Å². The molecule has 1 aromatic carbocycles. The lowest BCUT2D eigenvalue weighted by Crippen LogP contribution is -2.30. The lowest BCUT2D eigenvalue weighted by atomic mass is 10.2. The number of anilines is 1. The maximum absolute atomic E-state index is 5.32. The second-order valence-corrected chi connectivity index (χ2v) is 4.24. The average molecular weight is 246 g/mol. The van der Waals surface area contributed by atoms with Crippen molar-refractivity contribution in [3.8, 4) is 5.69 Å². The Kier molecular flexibility index (Phi) is 3.94. The number of para-hydroxylation sites is 2. The summed E-state index contributed by atoms with van der Waals surface area (Å²) in [6, 6.07) is 8.20. The van der Waals surface area contributed by atoms with E-state index in [2.05, 4.69) is 22.6 Å². The summed E-state index contributed by atoms with van der Waals surface area (Å²) in [5.41, 5.74) is 1.99. The van der Waals surface area contributed by atoms with E-state index in [0.717, 1.165) is 11.4 Å². The molecule has 0 fully saturated rings. The third kappa shape index (κ3) is 2.68. The average Bonchev–Trinajstić information content (AvgIpc) is 2.92. The fourth-order valence-corrected chi connectivity index (χ4v) is 1.70. The van der Waals surface area contributed by atoms with E-state index in [1.807, 2.05) is 37.4 Å². The highest BCUT2D eigenvalue weighted by Crippen LogP contribution is 2.20. The summed E-state index contributed by atoms with van der Waals surface area (Å²) in [5, 5.41) is 11.3. The minimum Gasteiger partial charge on any atom is -0.380 e. The Bertz CT molecular complexity index is 483. The first kappa shape index (κ1) is 12.6. The molecule has 0 bridgehead atoms. The van der Waals surface area contributed by atoms with Crippen LogP contribution in [0.5, 0.6) is 0 Å². The van der Waals surface area contributed by atoms with E-state index in [0.29, 0.717) is 0 Å². The van der Waals surface area contributed by atoms with Gasteiger partial charge in [-0.15, -0.1) is 5.10 Å². The maximum atomic E-state index is 5.32. The van der Waals surface area contributed by atoms with Crippen LogP contribution < -0.4 is 5.32 Å². The highest BCUT2D eigenvalue weighted by atomic mass is 16.5. The molecule has 2 aromatic rings. The molecule has 0 spiro atoms. The summed E-state index contributed by atoms with van der Waals surface area (Å²) >= 11 is 0. The van der Waals surface area contributed by atoms with Crippen LogP contribution in [0.4, 0.5) is 5.69 Å². The predicted octanol–water partition coefficient (Wildman–Crippen LogP) is 2.10. The molecule has 2 unspecified atom stereocenters. The lowest BCUT2D eigenvalue weighted by molar-refractivity contribution is 0.106. The molecule has 1 aromatic heterocycles. The third-order valence-electron chi connectivity index (χ3n) is 3.03. The number of ether oxygens (including phenoxy) is 1. The number of hydrogen-bond acceptors (Lipinski definition) is 4. The molecule has 96 valence electrons. The largest absolute Gasteiger partial charge is 0.380 e. The molecule has 0 aliphatic rings. The first-order chi connectivity index (χ1) is 8.72. The zero-order valence-corrected chi connectivity index (χ0v) is 10.9. The Morgan fingerprint density at radius 2 is 2.06 bits per heavy atom. The molecule has 2 atom stereocenters. The molecule has 0 saturated carbocycles. The fraction of sp³-hybridized carbons (Fsp3) is 0.385. The van der Waals surface area contributed by atoms with Gasteiger partial charge in [0.25, 0.3) is 0 Å². The Morgan fingerprint density at radius 1 is 1.28 bits per heavy atom. The van der Waals surface area contributed by atoms with Crippen LogP contribution in [0.3, 0.4) is 0 Å². The summed E-state index contributed by atoms with van der Waals surface area (Å²) in [4.78, 5) is 0. The molecule has 5 heteroatoms. The van der Waals surface area contributed by atoms with Crippen molar-refractivity contribution >= 4 is 5.69 Å². The van der Waals surface area contributed by atoms with Gasteiger partial charge in [-0.25, -0.2) is 4.68 Å². The number of nitrogens with zero attached hydrogens (tertiary/aromatic N) is 3. The number of rotatable bonds is 5. The van der Waals surface area contributed by atoms with Crippen LogP contribution in [0.1, 0.15) is 13.8 Å². The van der Waals surface area contributed by atoms with E-state index in [1.165, 1.54) is 0 Å². The van der Waals surface area contributed by atoms with Crippen molar-refractivity contribution in [1.82, 2.24) is 15.0 Å². The summed E-state index contributed by atoms with van der Waals surface area (Å²) in [6.45, 7) is 4.13. The summed E-state index contributed by atoms with van der Waals surface area (Å²) in [7, 11) is 1.71. The van der Waals surface area contributed by atoms with Gasteiger partial charge in [0.1, 0.15) is 0 Å². The molecule has 0 amide bonds. The molecule has 0 saturated heterocycles.